The Morgan fingerprint density at radius 2 is 1.48 bits per heavy atom. The summed E-state index contributed by atoms with van der Waals surface area (Å²) < 4.78 is 26.4. The lowest BCUT2D eigenvalue weighted by molar-refractivity contribution is 0.0633. The highest BCUT2D eigenvalue weighted by atomic mass is 19.2. The zero-order valence-electron chi connectivity index (χ0n) is 11.4. The Morgan fingerprint density at radius 3 is 2.00 bits per heavy atom. The number of imide groups is 1. The average molecular weight is 295 g/mol. The molecule has 1 saturated heterocycles. The fourth-order valence-electron chi connectivity index (χ4n) is 2.66. The number of carbonyl (C=O) groups excluding carboxylic acids is 2. The lowest BCUT2D eigenvalue weighted by atomic mass is 10.1. The summed E-state index contributed by atoms with van der Waals surface area (Å²) in [5.41, 5.74) is -0.113. The number of halogens is 2. The second-order valence-electron chi connectivity index (χ2n) is 5.17. The standard InChI is InChI=1S/C14H15F2N3O2/c15-11-7-9-10(8-12(11)16)14(21)19(13(9)20)6-5-18-3-1-17-2-4-18/h7-8,17H,1-6H2. The highest BCUT2D eigenvalue weighted by Gasteiger charge is 2.36. The molecule has 0 aliphatic carbocycles. The molecule has 0 saturated carbocycles. The van der Waals surface area contributed by atoms with E-state index in [1.54, 1.807) is 0 Å². The summed E-state index contributed by atoms with van der Waals surface area (Å²) in [4.78, 5) is 27.5. The molecule has 0 radical (unpaired) electrons. The van der Waals surface area contributed by atoms with Gasteiger partial charge in [0.1, 0.15) is 0 Å². The van der Waals surface area contributed by atoms with Crippen LogP contribution in [0.25, 0.3) is 0 Å². The first-order chi connectivity index (χ1) is 10.1. The van der Waals surface area contributed by atoms with Crippen molar-refractivity contribution in [1.29, 1.82) is 0 Å². The minimum Gasteiger partial charge on any atom is -0.314 e. The molecular weight excluding hydrogens is 280 g/mol. The summed E-state index contributed by atoms with van der Waals surface area (Å²) in [6.45, 7) is 4.25. The topological polar surface area (TPSA) is 52.7 Å². The van der Waals surface area contributed by atoms with E-state index in [2.05, 4.69) is 10.2 Å². The van der Waals surface area contributed by atoms with Gasteiger partial charge < -0.3 is 5.32 Å². The molecule has 5 nitrogen and oxygen atoms in total. The molecular formula is C14H15F2N3O2. The van der Waals surface area contributed by atoms with Gasteiger partial charge in [-0.2, -0.15) is 0 Å². The van der Waals surface area contributed by atoms with Crippen LogP contribution in [0.3, 0.4) is 0 Å². The fraction of sp³-hybridized carbons (Fsp3) is 0.429. The first kappa shape index (κ1) is 14.1. The maximum absolute atomic E-state index is 13.2. The molecule has 1 aromatic carbocycles. The Morgan fingerprint density at radius 1 is 0.952 bits per heavy atom. The van der Waals surface area contributed by atoms with Crippen LogP contribution in [0.4, 0.5) is 8.78 Å². The number of piperazine rings is 1. The van der Waals surface area contributed by atoms with Crippen LogP contribution < -0.4 is 5.32 Å². The van der Waals surface area contributed by atoms with Crippen molar-refractivity contribution in [2.75, 3.05) is 39.3 Å². The van der Waals surface area contributed by atoms with Crippen molar-refractivity contribution in [3.05, 3.63) is 34.9 Å². The Labute approximate surface area is 120 Å². The monoisotopic (exact) mass is 295 g/mol. The van der Waals surface area contributed by atoms with Crippen molar-refractivity contribution < 1.29 is 18.4 Å². The van der Waals surface area contributed by atoms with Gasteiger partial charge in [0.25, 0.3) is 11.8 Å². The molecule has 112 valence electrons. The molecule has 0 aromatic heterocycles. The molecule has 3 rings (SSSR count). The quantitative estimate of drug-likeness (QED) is 0.824. The van der Waals surface area contributed by atoms with Crippen LogP contribution in [0.5, 0.6) is 0 Å². The average Bonchev–Trinajstić information content (AvgIpc) is 2.71. The number of rotatable bonds is 3. The van der Waals surface area contributed by atoms with E-state index in [1.807, 2.05) is 0 Å². The van der Waals surface area contributed by atoms with Gasteiger partial charge in [-0.05, 0) is 12.1 Å². The predicted molar refractivity (Wildman–Crippen MR) is 71.0 cm³/mol. The molecule has 0 unspecified atom stereocenters. The van der Waals surface area contributed by atoms with Gasteiger partial charge in [-0.1, -0.05) is 0 Å². The number of amides is 2. The first-order valence-electron chi connectivity index (χ1n) is 6.86. The zero-order valence-corrected chi connectivity index (χ0v) is 11.4. The van der Waals surface area contributed by atoms with Crippen LogP contribution in [-0.4, -0.2) is 60.9 Å². The van der Waals surface area contributed by atoms with E-state index >= 15 is 0 Å². The van der Waals surface area contributed by atoms with Gasteiger partial charge in [-0.3, -0.25) is 19.4 Å². The number of fused-ring (bicyclic) bond motifs is 1. The van der Waals surface area contributed by atoms with Gasteiger partial charge in [0, 0.05) is 39.3 Å². The summed E-state index contributed by atoms with van der Waals surface area (Å²) >= 11 is 0. The maximum Gasteiger partial charge on any atom is 0.261 e. The largest absolute Gasteiger partial charge is 0.314 e. The number of hydrogen-bond acceptors (Lipinski definition) is 4. The number of hydrogen-bond donors (Lipinski definition) is 1. The van der Waals surface area contributed by atoms with E-state index in [9.17, 15) is 18.4 Å². The minimum atomic E-state index is -1.11. The summed E-state index contributed by atoms with van der Waals surface area (Å²) in [7, 11) is 0. The molecule has 21 heavy (non-hydrogen) atoms. The third kappa shape index (κ3) is 2.54. The molecule has 0 atom stereocenters. The van der Waals surface area contributed by atoms with Crippen LogP contribution >= 0.6 is 0 Å². The van der Waals surface area contributed by atoms with Crippen molar-refractivity contribution in [1.82, 2.24) is 15.1 Å². The maximum atomic E-state index is 13.2. The SMILES string of the molecule is O=C1c2cc(F)c(F)cc2C(=O)N1CCN1CCNCC1. The molecule has 0 spiro atoms. The van der Waals surface area contributed by atoms with E-state index in [1.165, 1.54) is 0 Å². The van der Waals surface area contributed by atoms with E-state index in [4.69, 9.17) is 0 Å². The first-order valence-corrected chi connectivity index (χ1v) is 6.86. The molecule has 2 aliphatic rings. The summed E-state index contributed by atoms with van der Waals surface area (Å²) in [6.07, 6.45) is 0. The number of carbonyl (C=O) groups is 2. The van der Waals surface area contributed by atoms with Crippen molar-refractivity contribution in [2.24, 2.45) is 0 Å². The van der Waals surface area contributed by atoms with Gasteiger partial charge >= 0.3 is 0 Å². The van der Waals surface area contributed by atoms with Gasteiger partial charge in [-0.15, -0.1) is 0 Å². The van der Waals surface area contributed by atoms with E-state index in [0.29, 0.717) is 6.54 Å². The Kier molecular flexibility index (Phi) is 3.69. The Bertz CT molecular complexity index is 559. The zero-order chi connectivity index (χ0) is 15.0. The molecule has 7 heteroatoms. The Balaban J connectivity index is 1.73. The predicted octanol–water partition coefficient (Wildman–Crippen LogP) is 0.466. The smallest absolute Gasteiger partial charge is 0.261 e. The van der Waals surface area contributed by atoms with Gasteiger partial charge in [0.05, 0.1) is 11.1 Å². The minimum absolute atomic E-state index is 0.0563. The molecule has 1 aromatic rings. The van der Waals surface area contributed by atoms with Gasteiger partial charge in [0.2, 0.25) is 0 Å². The van der Waals surface area contributed by atoms with E-state index in [-0.39, 0.29) is 17.7 Å². The Hall–Kier alpha value is -1.86. The summed E-state index contributed by atoms with van der Waals surface area (Å²) in [6, 6.07) is 1.60. The third-order valence-electron chi connectivity index (χ3n) is 3.86. The van der Waals surface area contributed by atoms with Gasteiger partial charge in [0.15, 0.2) is 11.6 Å². The molecule has 1 fully saturated rings. The highest BCUT2D eigenvalue weighted by molar-refractivity contribution is 6.21. The highest BCUT2D eigenvalue weighted by Crippen LogP contribution is 2.25. The lowest BCUT2D eigenvalue weighted by Gasteiger charge is -2.28. The number of benzene rings is 1. The molecule has 2 heterocycles. The van der Waals surface area contributed by atoms with Gasteiger partial charge in [-0.25, -0.2) is 8.78 Å². The third-order valence-corrected chi connectivity index (χ3v) is 3.86. The van der Waals surface area contributed by atoms with Crippen molar-refractivity contribution in [3.63, 3.8) is 0 Å². The van der Waals surface area contributed by atoms with Crippen LogP contribution in [0.2, 0.25) is 0 Å². The van der Waals surface area contributed by atoms with Crippen molar-refractivity contribution in [3.8, 4) is 0 Å². The normalized spacial score (nSPS) is 19.2. The van der Waals surface area contributed by atoms with E-state index < -0.39 is 23.4 Å². The summed E-state index contributed by atoms with van der Waals surface area (Å²) in [5, 5.41) is 3.21. The molecule has 2 amide bonds. The van der Waals surface area contributed by atoms with Crippen LogP contribution in [0.1, 0.15) is 20.7 Å². The molecule has 0 bridgehead atoms. The second kappa shape index (κ2) is 5.50. The van der Waals surface area contributed by atoms with Crippen LogP contribution in [0.15, 0.2) is 12.1 Å². The van der Waals surface area contributed by atoms with Crippen molar-refractivity contribution in [2.45, 2.75) is 0 Å². The fourth-order valence-corrected chi connectivity index (χ4v) is 2.66. The number of nitrogens with one attached hydrogen (secondary N) is 1. The second-order valence-corrected chi connectivity index (χ2v) is 5.17. The van der Waals surface area contributed by atoms with Crippen LogP contribution in [-0.2, 0) is 0 Å². The molecule has 1 N–H and O–H groups in total. The number of nitrogens with zero attached hydrogens (tertiary/aromatic N) is 2. The lowest BCUT2D eigenvalue weighted by Crippen LogP contribution is -2.47. The van der Waals surface area contributed by atoms with E-state index in [0.717, 1.165) is 43.2 Å². The summed E-state index contributed by atoms with van der Waals surface area (Å²) in [5.74, 6) is -3.33. The van der Waals surface area contributed by atoms with Crippen molar-refractivity contribution >= 4 is 11.8 Å². The molecule has 2 aliphatic heterocycles. The van der Waals surface area contributed by atoms with Crippen LogP contribution in [0, 0.1) is 11.6 Å².